The predicted octanol–water partition coefficient (Wildman–Crippen LogP) is 2.38. The summed E-state index contributed by atoms with van der Waals surface area (Å²) in [5.74, 6) is 0.906. The number of methoxy groups -OCH3 is 2. The molecule has 0 bridgehead atoms. The second-order valence-corrected chi connectivity index (χ2v) is 8.21. The summed E-state index contributed by atoms with van der Waals surface area (Å²) in [7, 11) is 1.36. The summed E-state index contributed by atoms with van der Waals surface area (Å²) >= 11 is 0. The Morgan fingerprint density at radius 3 is 2.31 bits per heavy atom. The summed E-state index contributed by atoms with van der Waals surface area (Å²) in [6.07, 6.45) is 0. The lowest BCUT2D eigenvalue weighted by Crippen LogP contribution is -2.49. The van der Waals surface area contributed by atoms with E-state index in [1.54, 1.807) is 16.4 Å². The lowest BCUT2D eigenvalue weighted by Gasteiger charge is -2.39. The van der Waals surface area contributed by atoms with E-state index < -0.39 is 10.0 Å². The summed E-state index contributed by atoms with van der Waals surface area (Å²) in [4.78, 5) is 2.36. The van der Waals surface area contributed by atoms with Crippen LogP contribution in [0.2, 0.25) is 0 Å². The van der Waals surface area contributed by atoms with Crippen LogP contribution < -0.4 is 9.47 Å². The van der Waals surface area contributed by atoms with Crippen molar-refractivity contribution in [3.8, 4) is 11.5 Å². The van der Waals surface area contributed by atoms with E-state index in [1.165, 1.54) is 20.3 Å². The molecule has 0 spiro atoms. The molecule has 0 amide bonds. The third kappa shape index (κ3) is 3.56. The molecule has 3 rings (SSSR count). The second-order valence-electron chi connectivity index (χ2n) is 6.32. The van der Waals surface area contributed by atoms with Crippen molar-refractivity contribution >= 4 is 10.0 Å². The van der Waals surface area contributed by atoms with Crippen LogP contribution in [0.1, 0.15) is 11.6 Å². The highest BCUT2D eigenvalue weighted by Crippen LogP contribution is 2.34. The van der Waals surface area contributed by atoms with Gasteiger partial charge in [-0.3, -0.25) is 0 Å². The fraction of sp³-hybridized carbons (Fsp3) is 0.368. The largest absolute Gasteiger partial charge is 0.493 e. The molecule has 7 heteroatoms. The van der Waals surface area contributed by atoms with Crippen LogP contribution in [0, 0.1) is 0 Å². The van der Waals surface area contributed by atoms with Crippen molar-refractivity contribution in [1.82, 2.24) is 9.21 Å². The first kappa shape index (κ1) is 18.7. The molecule has 1 fully saturated rings. The number of ether oxygens (including phenoxy) is 2. The monoisotopic (exact) mass is 376 g/mol. The molecule has 0 N–H and O–H groups in total. The van der Waals surface area contributed by atoms with Crippen molar-refractivity contribution in [1.29, 1.82) is 0 Å². The second kappa shape index (κ2) is 7.65. The van der Waals surface area contributed by atoms with Gasteiger partial charge in [0.2, 0.25) is 10.0 Å². The first-order chi connectivity index (χ1) is 12.5. The highest BCUT2D eigenvalue weighted by molar-refractivity contribution is 7.89. The minimum atomic E-state index is -3.67. The van der Waals surface area contributed by atoms with Gasteiger partial charge in [-0.05, 0) is 24.7 Å². The molecule has 2 aromatic carbocycles. The molecule has 0 saturated carbocycles. The van der Waals surface area contributed by atoms with E-state index >= 15 is 0 Å². The molecule has 1 heterocycles. The van der Waals surface area contributed by atoms with E-state index in [2.05, 4.69) is 4.90 Å². The van der Waals surface area contributed by atoms with Crippen molar-refractivity contribution < 1.29 is 17.9 Å². The average Bonchev–Trinajstić information content (AvgIpc) is 2.67. The molecule has 0 unspecified atom stereocenters. The lowest BCUT2D eigenvalue weighted by atomic mass is 10.1. The Kier molecular flexibility index (Phi) is 5.50. The first-order valence-corrected chi connectivity index (χ1v) is 9.88. The SMILES string of the molecule is COc1ccc(S(=O)(=O)N2CCN(C)C[C@H]2c2ccccc2)cc1OC. The fourth-order valence-corrected chi connectivity index (χ4v) is 4.86. The summed E-state index contributed by atoms with van der Waals surface area (Å²) in [5, 5.41) is 0. The average molecular weight is 376 g/mol. The van der Waals surface area contributed by atoms with Crippen LogP contribution in [0.4, 0.5) is 0 Å². The lowest BCUT2D eigenvalue weighted by molar-refractivity contribution is 0.160. The summed E-state index contributed by atoms with van der Waals surface area (Å²) in [6.45, 7) is 1.78. The van der Waals surface area contributed by atoms with Gasteiger partial charge in [0.25, 0.3) is 0 Å². The predicted molar refractivity (Wildman–Crippen MR) is 100 cm³/mol. The number of piperazine rings is 1. The van der Waals surface area contributed by atoms with E-state index in [9.17, 15) is 8.42 Å². The van der Waals surface area contributed by atoms with E-state index in [1.807, 2.05) is 37.4 Å². The van der Waals surface area contributed by atoms with Crippen LogP contribution in [0.5, 0.6) is 11.5 Å². The maximum Gasteiger partial charge on any atom is 0.243 e. The zero-order valence-corrected chi connectivity index (χ0v) is 16.1. The van der Waals surface area contributed by atoms with Crippen molar-refractivity contribution in [2.45, 2.75) is 10.9 Å². The number of hydrogen-bond donors (Lipinski definition) is 0. The number of nitrogens with zero attached hydrogens (tertiary/aromatic N) is 2. The van der Waals surface area contributed by atoms with Gasteiger partial charge in [-0.25, -0.2) is 8.42 Å². The third-order valence-electron chi connectivity index (χ3n) is 4.68. The van der Waals surface area contributed by atoms with Crippen molar-refractivity contribution in [2.75, 3.05) is 40.9 Å². The summed E-state index contributed by atoms with van der Waals surface area (Å²) in [6, 6.07) is 14.2. The third-order valence-corrected chi connectivity index (χ3v) is 6.58. The number of sulfonamides is 1. The van der Waals surface area contributed by atoms with Crippen molar-refractivity contribution in [2.24, 2.45) is 0 Å². The molecule has 1 aliphatic rings. The minimum absolute atomic E-state index is 0.209. The van der Waals surface area contributed by atoms with Crippen LogP contribution in [-0.4, -0.2) is 58.5 Å². The number of rotatable bonds is 5. The van der Waals surface area contributed by atoms with E-state index in [0.717, 1.165) is 5.56 Å². The molecule has 2 aromatic rings. The van der Waals surface area contributed by atoms with Gasteiger partial charge >= 0.3 is 0 Å². The smallest absolute Gasteiger partial charge is 0.243 e. The van der Waals surface area contributed by atoms with Crippen LogP contribution >= 0.6 is 0 Å². The zero-order valence-electron chi connectivity index (χ0n) is 15.3. The molecule has 6 nitrogen and oxygen atoms in total. The molecule has 140 valence electrons. The maximum atomic E-state index is 13.4. The van der Waals surface area contributed by atoms with Crippen LogP contribution in [0.3, 0.4) is 0 Å². The van der Waals surface area contributed by atoms with E-state index in [0.29, 0.717) is 31.1 Å². The van der Waals surface area contributed by atoms with Gasteiger partial charge in [0.1, 0.15) is 0 Å². The molecule has 0 radical (unpaired) electrons. The van der Waals surface area contributed by atoms with Gasteiger partial charge in [-0.15, -0.1) is 0 Å². The highest BCUT2D eigenvalue weighted by atomic mass is 32.2. The Labute approximate surface area is 155 Å². The Morgan fingerprint density at radius 1 is 0.962 bits per heavy atom. The number of benzene rings is 2. The molecular formula is C19H24N2O4S. The van der Waals surface area contributed by atoms with Gasteiger partial charge in [0.05, 0.1) is 25.2 Å². The summed E-state index contributed by atoms with van der Waals surface area (Å²) < 4.78 is 38.8. The first-order valence-electron chi connectivity index (χ1n) is 8.44. The quantitative estimate of drug-likeness (QED) is 0.802. The van der Waals surface area contributed by atoms with Gasteiger partial charge < -0.3 is 14.4 Å². The van der Waals surface area contributed by atoms with Gasteiger partial charge in [-0.2, -0.15) is 4.31 Å². The van der Waals surface area contributed by atoms with Crippen LogP contribution in [0.25, 0.3) is 0 Å². The number of likely N-dealkylation sites (N-methyl/N-ethyl adjacent to an activating group) is 1. The molecule has 26 heavy (non-hydrogen) atoms. The zero-order chi connectivity index (χ0) is 18.7. The van der Waals surface area contributed by atoms with Crippen LogP contribution in [-0.2, 0) is 10.0 Å². The normalized spacial score (nSPS) is 19.3. The fourth-order valence-electron chi connectivity index (χ4n) is 3.25. The van der Waals surface area contributed by atoms with Crippen LogP contribution in [0.15, 0.2) is 53.4 Å². The van der Waals surface area contributed by atoms with Gasteiger partial charge in [-0.1, -0.05) is 30.3 Å². The Hall–Kier alpha value is -2.09. The molecule has 1 atom stereocenters. The number of hydrogen-bond acceptors (Lipinski definition) is 5. The minimum Gasteiger partial charge on any atom is -0.493 e. The van der Waals surface area contributed by atoms with Crippen molar-refractivity contribution in [3.05, 3.63) is 54.1 Å². The maximum absolute atomic E-state index is 13.4. The topological polar surface area (TPSA) is 59.1 Å². The Morgan fingerprint density at radius 2 is 1.65 bits per heavy atom. The molecule has 0 aliphatic carbocycles. The highest BCUT2D eigenvalue weighted by Gasteiger charge is 2.36. The van der Waals surface area contributed by atoms with Gasteiger partial charge in [0, 0.05) is 25.7 Å². The molecular weight excluding hydrogens is 352 g/mol. The molecule has 1 saturated heterocycles. The van der Waals surface area contributed by atoms with E-state index in [4.69, 9.17) is 9.47 Å². The van der Waals surface area contributed by atoms with Crippen molar-refractivity contribution in [3.63, 3.8) is 0 Å². The molecule has 1 aliphatic heterocycles. The van der Waals surface area contributed by atoms with Gasteiger partial charge in [0.15, 0.2) is 11.5 Å². The Bertz CT molecular complexity index is 855. The molecule has 0 aromatic heterocycles. The Balaban J connectivity index is 2.01. The van der Waals surface area contributed by atoms with E-state index in [-0.39, 0.29) is 10.9 Å². The standard InChI is InChI=1S/C19H24N2O4S/c1-20-11-12-21(17(14-20)15-7-5-4-6-8-15)26(22,23)16-9-10-18(24-2)19(13-16)25-3/h4-10,13,17H,11-12,14H2,1-3H3/t17-/m0/s1. The summed E-state index contributed by atoms with van der Waals surface area (Å²) in [5.41, 5.74) is 0.989.